The van der Waals surface area contributed by atoms with Crippen LogP contribution in [0.15, 0.2) is 35.8 Å². The van der Waals surface area contributed by atoms with E-state index in [4.69, 9.17) is 21.1 Å². The Labute approximate surface area is 166 Å². The van der Waals surface area contributed by atoms with Gasteiger partial charge in [-0.3, -0.25) is 5.10 Å². The van der Waals surface area contributed by atoms with Gasteiger partial charge in [-0.25, -0.2) is 9.78 Å². The van der Waals surface area contributed by atoms with E-state index >= 15 is 0 Å². The lowest BCUT2D eigenvalue weighted by Crippen LogP contribution is -2.12. The third-order valence-electron chi connectivity index (χ3n) is 3.54. The van der Waals surface area contributed by atoms with Gasteiger partial charge in [-0.2, -0.15) is 18.3 Å². The van der Waals surface area contributed by atoms with Gasteiger partial charge >= 0.3 is 12.1 Å². The number of carbonyl (C=O) groups excluding carboxylic acids is 1. The lowest BCUT2D eigenvalue weighted by atomic mass is 10.2. The Morgan fingerprint density at radius 3 is 2.71 bits per heavy atom. The zero-order chi connectivity index (χ0) is 20.1. The number of halogens is 4. The smallest absolute Gasteiger partial charge is 0.433 e. The molecule has 0 amide bonds. The molecule has 11 heteroatoms. The molecule has 0 unspecified atom stereocenters. The van der Waals surface area contributed by atoms with Gasteiger partial charge in [0.25, 0.3) is 0 Å². The van der Waals surface area contributed by atoms with Gasteiger partial charge in [0.1, 0.15) is 23.1 Å². The van der Waals surface area contributed by atoms with Crippen LogP contribution in [0.25, 0.3) is 0 Å². The van der Waals surface area contributed by atoms with Crippen molar-refractivity contribution in [2.75, 3.05) is 6.61 Å². The zero-order valence-electron chi connectivity index (χ0n) is 14.1. The molecule has 1 aromatic carbocycles. The molecule has 3 rings (SSSR count). The number of aromatic amines is 1. The molecule has 0 radical (unpaired) electrons. The lowest BCUT2D eigenvalue weighted by molar-refractivity contribution is -0.141. The second kappa shape index (κ2) is 8.61. The molecule has 6 nitrogen and oxygen atoms in total. The average Bonchev–Trinajstić information content (AvgIpc) is 3.30. The van der Waals surface area contributed by atoms with Crippen LogP contribution in [0.2, 0.25) is 5.02 Å². The van der Waals surface area contributed by atoms with Crippen molar-refractivity contribution >= 4 is 28.9 Å². The summed E-state index contributed by atoms with van der Waals surface area (Å²) in [5, 5.41) is 7.92. The third-order valence-corrected chi connectivity index (χ3v) is 4.62. The summed E-state index contributed by atoms with van der Waals surface area (Å²) in [6.45, 7) is -0.0703. The number of thiazole rings is 1. The number of aromatic nitrogens is 3. The summed E-state index contributed by atoms with van der Waals surface area (Å²) in [4.78, 5) is 16.1. The quantitative estimate of drug-likeness (QED) is 0.557. The maximum absolute atomic E-state index is 12.7. The van der Waals surface area contributed by atoms with Gasteiger partial charge in [-0.15, -0.1) is 11.3 Å². The number of ether oxygens (including phenoxy) is 2. The minimum atomic E-state index is -4.54. The molecule has 0 aliphatic rings. The molecule has 148 valence electrons. The summed E-state index contributed by atoms with van der Waals surface area (Å²) in [6.07, 6.45) is -3.59. The van der Waals surface area contributed by atoms with Crippen molar-refractivity contribution in [3.05, 3.63) is 62.8 Å². The SMILES string of the molecule is O=C(OCCc1cn[nH]c1C(F)(F)F)c1csc(COc2ccc(Cl)cc2)n1. The molecule has 0 fully saturated rings. The van der Waals surface area contributed by atoms with Gasteiger partial charge in [0.15, 0.2) is 5.69 Å². The molecule has 0 aliphatic carbocycles. The van der Waals surface area contributed by atoms with E-state index in [1.807, 2.05) is 5.10 Å². The van der Waals surface area contributed by atoms with E-state index < -0.39 is 17.8 Å². The van der Waals surface area contributed by atoms with E-state index in [2.05, 4.69) is 10.1 Å². The fourth-order valence-corrected chi connectivity index (χ4v) is 3.02. The van der Waals surface area contributed by atoms with Crippen molar-refractivity contribution in [2.24, 2.45) is 0 Å². The Kier molecular flexibility index (Phi) is 6.20. The number of benzene rings is 1. The predicted molar refractivity (Wildman–Crippen MR) is 95.5 cm³/mol. The molecular formula is C17H13ClF3N3O3S. The second-order valence-corrected chi connectivity index (χ2v) is 6.90. The van der Waals surface area contributed by atoms with Crippen LogP contribution in [0.5, 0.6) is 5.75 Å². The number of rotatable bonds is 7. The fraction of sp³-hybridized carbons (Fsp3) is 0.235. The topological polar surface area (TPSA) is 77.1 Å². The van der Waals surface area contributed by atoms with Gasteiger partial charge in [-0.1, -0.05) is 11.6 Å². The van der Waals surface area contributed by atoms with Crippen LogP contribution in [-0.2, 0) is 23.9 Å². The molecule has 0 atom stereocenters. The van der Waals surface area contributed by atoms with Crippen molar-refractivity contribution in [3.63, 3.8) is 0 Å². The highest BCUT2D eigenvalue weighted by atomic mass is 35.5. The number of nitrogens with zero attached hydrogens (tertiary/aromatic N) is 2. The first-order valence-corrected chi connectivity index (χ1v) is 9.18. The maximum Gasteiger partial charge on any atom is 0.433 e. The van der Waals surface area contributed by atoms with Crippen molar-refractivity contribution in [1.29, 1.82) is 0 Å². The third kappa shape index (κ3) is 5.23. The van der Waals surface area contributed by atoms with E-state index in [1.165, 1.54) is 16.7 Å². The highest BCUT2D eigenvalue weighted by Crippen LogP contribution is 2.30. The van der Waals surface area contributed by atoms with Crippen molar-refractivity contribution in [2.45, 2.75) is 19.2 Å². The molecule has 1 N–H and O–H groups in total. The number of alkyl halides is 3. The highest BCUT2D eigenvalue weighted by Gasteiger charge is 2.35. The highest BCUT2D eigenvalue weighted by molar-refractivity contribution is 7.09. The Hall–Kier alpha value is -2.59. The molecular weight excluding hydrogens is 419 g/mol. The van der Waals surface area contributed by atoms with E-state index in [1.54, 1.807) is 24.3 Å². The van der Waals surface area contributed by atoms with Gasteiger partial charge in [-0.05, 0) is 24.3 Å². The zero-order valence-corrected chi connectivity index (χ0v) is 15.7. The number of hydrogen-bond acceptors (Lipinski definition) is 6. The number of hydrogen-bond donors (Lipinski definition) is 1. The van der Waals surface area contributed by atoms with Crippen LogP contribution in [0.3, 0.4) is 0 Å². The molecule has 2 aromatic heterocycles. The summed E-state index contributed by atoms with van der Waals surface area (Å²) in [5.41, 5.74) is -0.947. The molecule has 0 saturated carbocycles. The summed E-state index contributed by atoms with van der Waals surface area (Å²) < 4.78 is 48.8. The molecule has 0 saturated heterocycles. The monoisotopic (exact) mass is 431 g/mol. The Morgan fingerprint density at radius 1 is 1.25 bits per heavy atom. The van der Waals surface area contributed by atoms with Crippen LogP contribution in [0.1, 0.15) is 26.8 Å². The van der Waals surface area contributed by atoms with Crippen molar-refractivity contribution in [3.8, 4) is 5.75 Å². The van der Waals surface area contributed by atoms with Gasteiger partial charge < -0.3 is 9.47 Å². The fourth-order valence-electron chi connectivity index (χ4n) is 2.22. The molecule has 28 heavy (non-hydrogen) atoms. The van der Waals surface area contributed by atoms with Gasteiger partial charge in [0, 0.05) is 22.4 Å². The van der Waals surface area contributed by atoms with Crippen LogP contribution < -0.4 is 4.74 Å². The first-order chi connectivity index (χ1) is 13.3. The molecule has 2 heterocycles. The van der Waals surface area contributed by atoms with Crippen LogP contribution in [0.4, 0.5) is 13.2 Å². The molecule has 0 spiro atoms. The Morgan fingerprint density at radius 2 is 2.00 bits per heavy atom. The number of nitrogens with one attached hydrogen (secondary N) is 1. The van der Waals surface area contributed by atoms with Crippen LogP contribution in [-0.4, -0.2) is 27.8 Å². The van der Waals surface area contributed by atoms with Crippen molar-refractivity contribution in [1.82, 2.24) is 15.2 Å². The number of carbonyl (C=O) groups is 1. The second-order valence-electron chi connectivity index (χ2n) is 5.52. The standard InChI is InChI=1S/C17H13ClF3N3O3S/c18-11-1-3-12(4-2-11)27-8-14-23-13(9-28-14)16(25)26-6-5-10-7-22-24-15(10)17(19,20)21/h1-4,7,9H,5-6,8H2,(H,22,24). The summed E-state index contributed by atoms with van der Waals surface area (Å²) in [6, 6.07) is 6.78. The molecule has 3 aromatic rings. The largest absolute Gasteiger partial charge is 0.486 e. The van der Waals surface area contributed by atoms with E-state index in [0.717, 1.165) is 6.20 Å². The number of H-pyrrole nitrogens is 1. The van der Waals surface area contributed by atoms with Crippen molar-refractivity contribution < 1.29 is 27.4 Å². The number of esters is 1. The minimum absolute atomic E-state index is 0.0722. The predicted octanol–water partition coefficient (Wildman–Crippen LogP) is 4.52. The average molecular weight is 432 g/mol. The maximum atomic E-state index is 12.7. The normalized spacial score (nSPS) is 11.4. The van der Waals surface area contributed by atoms with E-state index in [-0.39, 0.29) is 30.9 Å². The summed E-state index contributed by atoms with van der Waals surface area (Å²) >= 11 is 7.00. The van der Waals surface area contributed by atoms with Gasteiger partial charge in [0.05, 0.1) is 12.8 Å². The van der Waals surface area contributed by atoms with Gasteiger partial charge in [0.2, 0.25) is 0 Å². The summed E-state index contributed by atoms with van der Waals surface area (Å²) in [7, 11) is 0. The van der Waals surface area contributed by atoms with E-state index in [9.17, 15) is 18.0 Å². The molecule has 0 aliphatic heterocycles. The lowest BCUT2D eigenvalue weighted by Gasteiger charge is -2.07. The Balaban J connectivity index is 1.49. The minimum Gasteiger partial charge on any atom is -0.486 e. The first kappa shape index (κ1) is 20.2. The van der Waals surface area contributed by atoms with Crippen LogP contribution >= 0.6 is 22.9 Å². The Bertz CT molecular complexity index is 941. The van der Waals surface area contributed by atoms with Crippen LogP contribution in [0, 0.1) is 0 Å². The van der Waals surface area contributed by atoms with E-state index in [0.29, 0.717) is 15.8 Å². The first-order valence-electron chi connectivity index (χ1n) is 7.92. The summed E-state index contributed by atoms with van der Waals surface area (Å²) in [5.74, 6) is -0.115. The molecule has 0 bridgehead atoms.